The van der Waals surface area contributed by atoms with Gasteiger partial charge in [-0.15, -0.1) is 13.2 Å². The molecule has 0 radical (unpaired) electrons. The summed E-state index contributed by atoms with van der Waals surface area (Å²) in [5.74, 6) is -4.94. The molecule has 37 heavy (non-hydrogen) atoms. The largest absolute Gasteiger partial charge is 0.573 e. The Morgan fingerprint density at radius 1 is 0.811 bits per heavy atom. The second-order valence-electron chi connectivity index (χ2n) is 8.56. The molecule has 4 rings (SSSR count). The average Bonchev–Trinajstić information content (AvgIpc) is 2.86. The fourth-order valence-electron chi connectivity index (χ4n) is 4.10. The molecule has 3 aromatic carbocycles. The number of ether oxygens (including phenoxy) is 2. The summed E-state index contributed by atoms with van der Waals surface area (Å²) < 4.78 is 88.6. The highest BCUT2D eigenvalue weighted by Crippen LogP contribution is 2.31. The van der Waals surface area contributed by atoms with Crippen LogP contribution in [0.3, 0.4) is 0 Å². The van der Waals surface area contributed by atoms with Crippen molar-refractivity contribution in [3.05, 3.63) is 94.9 Å². The Hall–Kier alpha value is -3.59. The van der Waals surface area contributed by atoms with Gasteiger partial charge in [0.05, 0.1) is 5.69 Å². The zero-order valence-corrected chi connectivity index (χ0v) is 19.8. The number of aromatic nitrogens is 1. The van der Waals surface area contributed by atoms with E-state index < -0.39 is 29.6 Å². The normalized spacial score (nSPS) is 11.8. The summed E-state index contributed by atoms with van der Waals surface area (Å²) in [6.45, 7) is 0.678. The molecule has 3 nitrogen and oxygen atoms in total. The van der Waals surface area contributed by atoms with Gasteiger partial charge in [-0.3, -0.25) is 4.98 Å². The van der Waals surface area contributed by atoms with E-state index in [0.717, 1.165) is 41.8 Å². The van der Waals surface area contributed by atoms with Gasteiger partial charge in [-0.25, -0.2) is 13.2 Å². The second-order valence-corrected chi connectivity index (χ2v) is 8.56. The summed E-state index contributed by atoms with van der Waals surface area (Å²) in [6, 6.07) is 14.0. The zero-order valence-electron chi connectivity index (χ0n) is 19.8. The molecule has 0 spiro atoms. The molecule has 0 unspecified atom stereocenters. The summed E-state index contributed by atoms with van der Waals surface area (Å²) in [7, 11) is 1.66. The van der Waals surface area contributed by atoms with Crippen molar-refractivity contribution < 1.29 is 35.8 Å². The smallest absolute Gasteiger partial charge is 0.399 e. The third-order valence-electron chi connectivity index (χ3n) is 5.93. The van der Waals surface area contributed by atoms with Gasteiger partial charge in [0.15, 0.2) is 11.6 Å². The molecule has 0 fully saturated rings. The lowest BCUT2D eigenvalue weighted by Gasteiger charge is -2.12. The van der Waals surface area contributed by atoms with Crippen LogP contribution in [0, 0.1) is 17.5 Å². The van der Waals surface area contributed by atoms with Crippen LogP contribution in [0.4, 0.5) is 26.3 Å². The van der Waals surface area contributed by atoms with E-state index in [2.05, 4.69) is 9.72 Å². The number of halogens is 6. The van der Waals surface area contributed by atoms with Crippen molar-refractivity contribution in [1.29, 1.82) is 0 Å². The third-order valence-corrected chi connectivity index (χ3v) is 5.93. The number of hydrogen-bond donors (Lipinski definition) is 0. The first kappa shape index (κ1) is 26.5. The van der Waals surface area contributed by atoms with E-state index in [1.165, 1.54) is 0 Å². The molecule has 4 aromatic rings. The highest BCUT2D eigenvalue weighted by Gasteiger charge is 2.34. The third kappa shape index (κ3) is 6.60. The molecule has 0 bridgehead atoms. The number of pyridine rings is 1. The van der Waals surface area contributed by atoms with E-state index in [9.17, 15) is 22.0 Å². The Bertz CT molecular complexity index is 1360. The first-order valence-corrected chi connectivity index (χ1v) is 11.5. The van der Waals surface area contributed by atoms with Crippen LogP contribution < -0.4 is 4.74 Å². The van der Waals surface area contributed by atoms with Crippen molar-refractivity contribution in [2.45, 2.75) is 32.0 Å². The number of methoxy groups -OCH3 is 1. The minimum absolute atomic E-state index is 0.0152. The topological polar surface area (TPSA) is 31.4 Å². The molecule has 1 aromatic heterocycles. The Balaban J connectivity index is 1.49. The van der Waals surface area contributed by atoms with Gasteiger partial charge in [-0.1, -0.05) is 30.3 Å². The minimum Gasteiger partial charge on any atom is -0.399 e. The van der Waals surface area contributed by atoms with E-state index in [1.807, 2.05) is 24.4 Å². The zero-order chi connectivity index (χ0) is 26.6. The molecule has 0 N–H and O–H groups in total. The fourth-order valence-corrected chi connectivity index (χ4v) is 4.10. The molecule has 0 atom stereocenters. The van der Waals surface area contributed by atoms with Crippen LogP contribution >= 0.6 is 0 Å². The quantitative estimate of drug-likeness (QED) is 0.169. The van der Waals surface area contributed by atoms with Crippen LogP contribution in [0.2, 0.25) is 0 Å². The monoisotopic (exact) mass is 519 g/mol. The maximum atomic E-state index is 15.2. The Morgan fingerprint density at radius 3 is 2.22 bits per heavy atom. The van der Waals surface area contributed by atoms with Crippen molar-refractivity contribution in [2.24, 2.45) is 0 Å². The molecule has 1 heterocycles. The van der Waals surface area contributed by atoms with Gasteiger partial charge in [0.25, 0.3) is 0 Å². The molecule has 0 aliphatic carbocycles. The van der Waals surface area contributed by atoms with Gasteiger partial charge in [0.2, 0.25) is 5.75 Å². The summed E-state index contributed by atoms with van der Waals surface area (Å²) in [4.78, 5) is 4.51. The van der Waals surface area contributed by atoms with Crippen LogP contribution in [0.25, 0.3) is 22.0 Å². The van der Waals surface area contributed by atoms with Crippen LogP contribution in [0.15, 0.2) is 60.8 Å². The Morgan fingerprint density at radius 2 is 1.57 bits per heavy atom. The molecule has 194 valence electrons. The van der Waals surface area contributed by atoms with Crippen LogP contribution in [0.1, 0.15) is 23.1 Å². The van der Waals surface area contributed by atoms with Crippen LogP contribution in [0.5, 0.6) is 5.75 Å². The fraction of sp³-hybridized carbons (Fsp3) is 0.250. The summed E-state index contributed by atoms with van der Waals surface area (Å²) in [6.07, 6.45) is -1.54. The van der Waals surface area contributed by atoms with Gasteiger partial charge in [0.1, 0.15) is 5.82 Å². The van der Waals surface area contributed by atoms with E-state index in [1.54, 1.807) is 31.4 Å². The van der Waals surface area contributed by atoms with Gasteiger partial charge in [0, 0.05) is 30.9 Å². The predicted octanol–water partition coefficient (Wildman–Crippen LogP) is 7.58. The van der Waals surface area contributed by atoms with Crippen molar-refractivity contribution in [3.8, 4) is 17.0 Å². The molecule has 0 saturated carbocycles. The minimum atomic E-state index is -5.22. The van der Waals surface area contributed by atoms with E-state index in [-0.39, 0.29) is 18.4 Å². The number of rotatable bonds is 9. The standard InChI is InChI=1S/C28H23F6NO2/c1-36-12-2-3-17-5-11-25(35-16-17)21-9-10-22-20(15-21)8-7-19(26(22)31)6-4-18-13-23(29)27(24(30)14-18)37-28(32,33)34/h5,7-11,13-16H,2-4,6,12H2,1H3. The van der Waals surface area contributed by atoms with Crippen molar-refractivity contribution in [3.63, 3.8) is 0 Å². The molecule has 0 amide bonds. The van der Waals surface area contributed by atoms with Crippen molar-refractivity contribution in [1.82, 2.24) is 4.98 Å². The average molecular weight is 519 g/mol. The summed E-state index contributed by atoms with van der Waals surface area (Å²) >= 11 is 0. The van der Waals surface area contributed by atoms with Gasteiger partial charge in [-0.2, -0.15) is 0 Å². The van der Waals surface area contributed by atoms with E-state index in [4.69, 9.17) is 4.74 Å². The van der Waals surface area contributed by atoms with Gasteiger partial charge >= 0.3 is 6.36 Å². The van der Waals surface area contributed by atoms with Crippen molar-refractivity contribution in [2.75, 3.05) is 13.7 Å². The first-order valence-electron chi connectivity index (χ1n) is 11.5. The number of hydrogen-bond acceptors (Lipinski definition) is 3. The predicted molar refractivity (Wildman–Crippen MR) is 128 cm³/mol. The lowest BCUT2D eigenvalue weighted by molar-refractivity contribution is -0.276. The van der Waals surface area contributed by atoms with Crippen molar-refractivity contribution >= 4 is 10.8 Å². The number of nitrogens with zero attached hydrogens (tertiary/aromatic N) is 1. The molecule has 9 heteroatoms. The number of benzene rings is 3. The van der Waals surface area contributed by atoms with Gasteiger partial charge in [-0.05, 0) is 72.0 Å². The highest BCUT2D eigenvalue weighted by atomic mass is 19.4. The maximum Gasteiger partial charge on any atom is 0.573 e. The molecule has 0 aliphatic rings. The van der Waals surface area contributed by atoms with E-state index >= 15 is 4.39 Å². The second kappa shape index (κ2) is 11.2. The molecule has 0 saturated heterocycles. The van der Waals surface area contributed by atoms with Crippen LogP contribution in [-0.2, 0) is 24.0 Å². The van der Waals surface area contributed by atoms with Gasteiger partial charge < -0.3 is 9.47 Å². The molecular weight excluding hydrogens is 496 g/mol. The molecule has 0 aliphatic heterocycles. The number of alkyl halides is 3. The summed E-state index contributed by atoms with van der Waals surface area (Å²) in [5, 5.41) is 1.04. The SMILES string of the molecule is COCCCc1ccc(-c2ccc3c(F)c(CCc4cc(F)c(OC(F)(F)F)c(F)c4)ccc3c2)nc1. The molecular formula is C28H23F6NO2. The first-order chi connectivity index (χ1) is 17.6. The maximum absolute atomic E-state index is 15.2. The number of fused-ring (bicyclic) bond motifs is 1. The Kier molecular flexibility index (Phi) is 8.02. The number of aryl methyl sites for hydroxylation is 3. The van der Waals surface area contributed by atoms with Crippen LogP contribution in [-0.4, -0.2) is 25.1 Å². The van der Waals surface area contributed by atoms with E-state index in [0.29, 0.717) is 22.9 Å². The Labute approximate surface area is 209 Å². The highest BCUT2D eigenvalue weighted by molar-refractivity contribution is 5.88. The summed E-state index contributed by atoms with van der Waals surface area (Å²) in [5.41, 5.74) is 3.07. The lowest BCUT2D eigenvalue weighted by Crippen LogP contribution is -2.19. The lowest BCUT2D eigenvalue weighted by atomic mass is 9.98.